The van der Waals surface area contributed by atoms with Crippen LogP contribution < -0.4 is 4.87 Å². The number of hydrogen-bond acceptors (Lipinski definition) is 5. The van der Waals surface area contributed by atoms with Crippen LogP contribution in [0.1, 0.15) is 17.2 Å². The SMILES string of the molecule is O=c1scnn1CC(O)COC(c1ccc(F)cc1)c1ccc(F)cc1. The van der Waals surface area contributed by atoms with Crippen molar-refractivity contribution in [1.29, 1.82) is 0 Å². The van der Waals surface area contributed by atoms with Crippen molar-refractivity contribution in [2.24, 2.45) is 0 Å². The van der Waals surface area contributed by atoms with Crippen molar-refractivity contribution in [1.82, 2.24) is 9.78 Å². The molecule has 1 atom stereocenters. The van der Waals surface area contributed by atoms with Crippen LogP contribution in [0.2, 0.25) is 0 Å². The van der Waals surface area contributed by atoms with E-state index in [4.69, 9.17) is 4.74 Å². The number of hydrogen-bond donors (Lipinski definition) is 1. The number of halogens is 2. The van der Waals surface area contributed by atoms with Crippen molar-refractivity contribution in [3.63, 3.8) is 0 Å². The number of aliphatic hydroxyl groups excluding tert-OH is 1. The van der Waals surface area contributed by atoms with Crippen molar-refractivity contribution < 1.29 is 18.6 Å². The maximum absolute atomic E-state index is 13.2. The molecule has 26 heavy (non-hydrogen) atoms. The van der Waals surface area contributed by atoms with Crippen LogP contribution in [-0.2, 0) is 11.3 Å². The first-order valence-corrected chi connectivity index (χ1v) is 8.72. The maximum Gasteiger partial charge on any atom is 0.324 e. The van der Waals surface area contributed by atoms with Crippen molar-refractivity contribution in [2.75, 3.05) is 6.61 Å². The number of benzene rings is 2. The lowest BCUT2D eigenvalue weighted by Crippen LogP contribution is -2.28. The van der Waals surface area contributed by atoms with E-state index in [9.17, 15) is 18.7 Å². The summed E-state index contributed by atoms with van der Waals surface area (Å²) in [4.78, 5) is 11.2. The Morgan fingerprint density at radius 3 is 2.04 bits per heavy atom. The molecule has 0 amide bonds. The molecule has 0 radical (unpaired) electrons. The Bertz CT molecular complexity index is 848. The summed E-state index contributed by atoms with van der Waals surface area (Å²) in [5.74, 6) is -0.760. The van der Waals surface area contributed by atoms with Gasteiger partial charge in [0.25, 0.3) is 0 Å². The Morgan fingerprint density at radius 1 is 1.04 bits per heavy atom. The van der Waals surface area contributed by atoms with E-state index in [0.29, 0.717) is 11.1 Å². The summed E-state index contributed by atoms with van der Waals surface area (Å²) >= 11 is 0.941. The largest absolute Gasteiger partial charge is 0.389 e. The summed E-state index contributed by atoms with van der Waals surface area (Å²) in [7, 11) is 0. The van der Waals surface area contributed by atoms with Gasteiger partial charge in [-0.1, -0.05) is 35.6 Å². The maximum atomic E-state index is 13.2. The topological polar surface area (TPSA) is 64.4 Å². The highest BCUT2D eigenvalue weighted by molar-refractivity contribution is 7.06. The van der Waals surface area contributed by atoms with Crippen molar-refractivity contribution in [2.45, 2.75) is 18.8 Å². The van der Waals surface area contributed by atoms with E-state index in [1.54, 1.807) is 24.3 Å². The van der Waals surface area contributed by atoms with Crippen LogP contribution in [-0.4, -0.2) is 27.6 Å². The lowest BCUT2D eigenvalue weighted by molar-refractivity contribution is -0.00224. The van der Waals surface area contributed by atoms with E-state index in [2.05, 4.69) is 5.10 Å². The highest BCUT2D eigenvalue weighted by atomic mass is 32.1. The lowest BCUT2D eigenvalue weighted by Gasteiger charge is -2.21. The Labute approximate surface area is 152 Å². The number of ether oxygens (including phenoxy) is 1. The van der Waals surface area contributed by atoms with Gasteiger partial charge in [-0.3, -0.25) is 4.79 Å². The van der Waals surface area contributed by atoms with Crippen molar-refractivity contribution >= 4 is 11.3 Å². The first-order chi connectivity index (χ1) is 12.5. The van der Waals surface area contributed by atoms with Gasteiger partial charge in [-0.05, 0) is 35.4 Å². The number of aliphatic hydroxyl groups is 1. The molecule has 0 aliphatic carbocycles. The van der Waals surface area contributed by atoms with Crippen LogP contribution in [0.5, 0.6) is 0 Å². The molecule has 3 rings (SSSR count). The normalized spacial score (nSPS) is 12.5. The van der Waals surface area contributed by atoms with E-state index in [-0.39, 0.29) is 29.7 Å². The fraction of sp³-hybridized carbons (Fsp3) is 0.222. The molecule has 1 N–H and O–H groups in total. The second-order valence-electron chi connectivity index (χ2n) is 5.66. The number of rotatable bonds is 7. The first kappa shape index (κ1) is 18.4. The molecule has 8 heteroatoms. The minimum atomic E-state index is -0.960. The van der Waals surface area contributed by atoms with Gasteiger partial charge in [0.1, 0.15) is 23.2 Å². The molecule has 0 spiro atoms. The highest BCUT2D eigenvalue weighted by Gasteiger charge is 2.18. The first-order valence-electron chi connectivity index (χ1n) is 7.84. The van der Waals surface area contributed by atoms with E-state index in [0.717, 1.165) is 16.0 Å². The van der Waals surface area contributed by atoms with Gasteiger partial charge in [-0.15, -0.1) is 0 Å². The van der Waals surface area contributed by atoms with Gasteiger partial charge in [0.2, 0.25) is 0 Å². The highest BCUT2D eigenvalue weighted by Crippen LogP contribution is 2.26. The Morgan fingerprint density at radius 2 is 1.58 bits per heavy atom. The molecule has 5 nitrogen and oxygen atoms in total. The molecule has 0 aliphatic rings. The monoisotopic (exact) mass is 378 g/mol. The summed E-state index contributed by atoms with van der Waals surface area (Å²) in [6, 6.07) is 11.5. The van der Waals surface area contributed by atoms with Crippen LogP contribution in [0.15, 0.2) is 58.8 Å². The van der Waals surface area contributed by atoms with Gasteiger partial charge < -0.3 is 9.84 Å². The van der Waals surface area contributed by atoms with E-state index in [1.165, 1.54) is 29.8 Å². The van der Waals surface area contributed by atoms with Crippen LogP contribution in [0.4, 0.5) is 8.78 Å². The average Bonchev–Trinajstić information content (AvgIpc) is 3.03. The summed E-state index contributed by atoms with van der Waals surface area (Å²) in [6.45, 7) is -0.0781. The van der Waals surface area contributed by atoms with E-state index in [1.807, 2.05) is 0 Å². The third-order valence-electron chi connectivity index (χ3n) is 3.74. The fourth-order valence-corrected chi connectivity index (χ4v) is 2.97. The summed E-state index contributed by atoms with van der Waals surface area (Å²) < 4.78 is 33.4. The Hall–Kier alpha value is -2.42. The number of nitrogens with zero attached hydrogens (tertiary/aromatic N) is 2. The van der Waals surface area contributed by atoms with Crippen LogP contribution in [0.3, 0.4) is 0 Å². The molecule has 1 heterocycles. The molecule has 0 bridgehead atoms. The van der Waals surface area contributed by atoms with E-state index < -0.39 is 12.2 Å². The van der Waals surface area contributed by atoms with Gasteiger partial charge >= 0.3 is 4.87 Å². The smallest absolute Gasteiger partial charge is 0.324 e. The zero-order valence-electron chi connectivity index (χ0n) is 13.6. The minimum absolute atomic E-state index is 0.00187. The third-order valence-corrected chi connectivity index (χ3v) is 4.35. The molecular formula is C18H16F2N2O3S. The van der Waals surface area contributed by atoms with Crippen LogP contribution in [0.25, 0.3) is 0 Å². The molecule has 0 aliphatic heterocycles. The Kier molecular flexibility index (Phi) is 5.87. The van der Waals surface area contributed by atoms with Crippen LogP contribution >= 0.6 is 11.3 Å². The fourth-order valence-electron chi connectivity index (χ4n) is 2.47. The minimum Gasteiger partial charge on any atom is -0.389 e. The predicted molar refractivity (Wildman–Crippen MR) is 93.0 cm³/mol. The standard InChI is InChI=1S/C18H16F2N2O3S/c19-14-5-1-12(2-6-14)17(13-3-7-15(20)8-4-13)25-10-16(23)9-22-18(24)26-11-21-22/h1-8,11,16-17,23H,9-10H2. The zero-order chi connectivity index (χ0) is 18.5. The van der Waals surface area contributed by atoms with Gasteiger partial charge in [-0.2, -0.15) is 5.10 Å². The number of aromatic nitrogens is 2. The molecule has 0 fully saturated rings. The zero-order valence-corrected chi connectivity index (χ0v) is 14.4. The molecule has 136 valence electrons. The quantitative estimate of drug-likeness (QED) is 0.687. The van der Waals surface area contributed by atoms with Crippen molar-refractivity contribution in [3.05, 3.63) is 86.5 Å². The van der Waals surface area contributed by atoms with Gasteiger partial charge in [-0.25, -0.2) is 13.5 Å². The van der Waals surface area contributed by atoms with E-state index >= 15 is 0 Å². The van der Waals surface area contributed by atoms with Gasteiger partial charge in [0.15, 0.2) is 0 Å². The predicted octanol–water partition coefficient (Wildman–Crippen LogP) is 2.75. The summed E-state index contributed by atoms with van der Waals surface area (Å²) in [6.07, 6.45) is -1.57. The molecule has 2 aromatic carbocycles. The van der Waals surface area contributed by atoms with Crippen LogP contribution in [0, 0.1) is 11.6 Å². The Balaban J connectivity index is 1.75. The van der Waals surface area contributed by atoms with Gasteiger partial charge in [0.05, 0.1) is 19.3 Å². The summed E-state index contributed by atoms with van der Waals surface area (Å²) in [5, 5.41) is 14.0. The molecular weight excluding hydrogens is 362 g/mol. The molecule has 0 saturated heterocycles. The molecule has 0 saturated carbocycles. The molecule has 1 aromatic heterocycles. The lowest BCUT2D eigenvalue weighted by atomic mass is 10.0. The molecule has 3 aromatic rings. The van der Waals surface area contributed by atoms with Crippen molar-refractivity contribution in [3.8, 4) is 0 Å². The second-order valence-corrected chi connectivity index (χ2v) is 6.45. The molecule has 1 unspecified atom stereocenters. The average molecular weight is 378 g/mol. The third kappa shape index (κ3) is 4.60. The van der Waals surface area contributed by atoms with Gasteiger partial charge in [0, 0.05) is 0 Å². The summed E-state index contributed by atoms with van der Waals surface area (Å²) in [5.41, 5.74) is 2.72. The second kappa shape index (κ2) is 8.31.